The molecular formula is C15H26O4Ti. The first-order valence-electron chi connectivity index (χ1n) is 7.10. The molecule has 0 aliphatic heterocycles. The molecule has 0 aromatic heterocycles. The summed E-state index contributed by atoms with van der Waals surface area (Å²) in [5, 5.41) is 0. The van der Waals surface area contributed by atoms with E-state index in [2.05, 4.69) is 6.92 Å². The molecule has 0 saturated carbocycles. The normalized spacial score (nSPS) is 10.4. The molecule has 0 atom stereocenters. The Balaban J connectivity index is 0. The molecule has 0 fully saturated rings. The molecule has 0 heterocycles. The summed E-state index contributed by atoms with van der Waals surface area (Å²) in [6.45, 7) is 5.72. The van der Waals surface area contributed by atoms with E-state index in [4.69, 9.17) is 9.47 Å². The Kier molecular flexibility index (Phi) is 16.0. The monoisotopic (exact) mass is 318 g/mol. The molecular weight excluding hydrogens is 292 g/mol. The molecule has 0 bridgehead atoms. The van der Waals surface area contributed by atoms with Gasteiger partial charge in [-0.2, -0.15) is 0 Å². The minimum absolute atomic E-state index is 0. The van der Waals surface area contributed by atoms with Crippen molar-refractivity contribution in [3.05, 3.63) is 12.3 Å². The van der Waals surface area contributed by atoms with Gasteiger partial charge < -0.3 is 9.47 Å². The van der Waals surface area contributed by atoms with Gasteiger partial charge in [-0.25, -0.2) is 0 Å². The van der Waals surface area contributed by atoms with E-state index in [1.807, 2.05) is 6.08 Å². The van der Waals surface area contributed by atoms with Crippen molar-refractivity contribution in [2.24, 2.45) is 0 Å². The molecule has 0 aromatic rings. The molecule has 0 rings (SSSR count). The molecule has 0 aliphatic carbocycles. The van der Waals surface area contributed by atoms with Crippen LogP contribution in [-0.4, -0.2) is 18.0 Å². The molecule has 20 heavy (non-hydrogen) atoms. The van der Waals surface area contributed by atoms with Crippen molar-refractivity contribution in [3.63, 3.8) is 0 Å². The second kappa shape index (κ2) is 14.8. The quantitative estimate of drug-likeness (QED) is 0.266. The average molecular weight is 318 g/mol. The molecule has 0 amide bonds. The van der Waals surface area contributed by atoms with E-state index in [-0.39, 0.29) is 46.6 Å². The Bertz CT molecular complexity index is 288. The SMILES string of the molecule is CCCCCCC=COC(=O)CCC(=O)OC(C)C.[Ti]. The van der Waals surface area contributed by atoms with Gasteiger partial charge >= 0.3 is 11.9 Å². The maximum absolute atomic E-state index is 11.3. The number of ether oxygens (including phenoxy) is 2. The third-order valence-electron chi connectivity index (χ3n) is 2.42. The van der Waals surface area contributed by atoms with Crippen LogP contribution >= 0.6 is 0 Å². The molecule has 114 valence electrons. The van der Waals surface area contributed by atoms with Crippen LogP contribution in [0.25, 0.3) is 0 Å². The molecule has 0 N–H and O–H groups in total. The van der Waals surface area contributed by atoms with Crippen LogP contribution in [0.3, 0.4) is 0 Å². The van der Waals surface area contributed by atoms with Gasteiger partial charge in [0.05, 0.1) is 25.2 Å². The average Bonchev–Trinajstić information content (AvgIpc) is 2.34. The summed E-state index contributed by atoms with van der Waals surface area (Å²) in [4.78, 5) is 22.5. The van der Waals surface area contributed by atoms with E-state index in [1.54, 1.807) is 13.8 Å². The molecule has 0 aliphatic rings. The van der Waals surface area contributed by atoms with E-state index in [1.165, 1.54) is 25.5 Å². The van der Waals surface area contributed by atoms with Gasteiger partial charge in [0.2, 0.25) is 0 Å². The fourth-order valence-electron chi connectivity index (χ4n) is 1.47. The van der Waals surface area contributed by atoms with Crippen LogP contribution in [0.4, 0.5) is 0 Å². The number of allylic oxidation sites excluding steroid dienone is 1. The van der Waals surface area contributed by atoms with E-state index in [0.717, 1.165) is 12.8 Å². The van der Waals surface area contributed by atoms with E-state index >= 15 is 0 Å². The maximum Gasteiger partial charge on any atom is 0.311 e. The zero-order valence-corrected chi connectivity index (χ0v) is 14.4. The van der Waals surface area contributed by atoms with Crippen LogP contribution in [-0.2, 0) is 40.8 Å². The number of hydrogen-bond donors (Lipinski definition) is 0. The molecule has 0 radical (unpaired) electrons. The van der Waals surface area contributed by atoms with Gasteiger partial charge in [0.15, 0.2) is 0 Å². The third-order valence-corrected chi connectivity index (χ3v) is 2.42. The van der Waals surface area contributed by atoms with Crippen molar-refractivity contribution in [3.8, 4) is 0 Å². The van der Waals surface area contributed by atoms with Crippen LogP contribution in [0.1, 0.15) is 65.7 Å². The Morgan fingerprint density at radius 3 is 2.30 bits per heavy atom. The molecule has 0 unspecified atom stereocenters. The Labute approximate surface area is 137 Å². The number of rotatable bonds is 10. The predicted molar refractivity (Wildman–Crippen MR) is 74.5 cm³/mol. The summed E-state index contributed by atoms with van der Waals surface area (Å²) in [5.74, 6) is -0.763. The van der Waals surface area contributed by atoms with Crippen LogP contribution in [0.15, 0.2) is 12.3 Å². The van der Waals surface area contributed by atoms with Gasteiger partial charge in [-0.1, -0.05) is 26.2 Å². The minimum Gasteiger partial charge on any atom is -0.463 e. The summed E-state index contributed by atoms with van der Waals surface area (Å²) >= 11 is 0. The standard InChI is InChI=1S/C15H26O4.Ti/c1-4-5-6-7-8-9-12-18-14(16)10-11-15(17)19-13(2)3;/h9,12-13H,4-8,10-11H2,1-3H3;. The van der Waals surface area contributed by atoms with Crippen LogP contribution in [0.5, 0.6) is 0 Å². The number of carbonyl (C=O) groups excluding carboxylic acids is 2. The largest absolute Gasteiger partial charge is 0.463 e. The van der Waals surface area contributed by atoms with Crippen molar-refractivity contribution in [2.45, 2.75) is 71.8 Å². The fourth-order valence-corrected chi connectivity index (χ4v) is 1.47. The van der Waals surface area contributed by atoms with Crippen molar-refractivity contribution in [1.29, 1.82) is 0 Å². The van der Waals surface area contributed by atoms with Crippen molar-refractivity contribution in [1.82, 2.24) is 0 Å². The first kappa shape index (κ1) is 21.7. The van der Waals surface area contributed by atoms with Crippen molar-refractivity contribution < 1.29 is 40.8 Å². The Hall–Kier alpha value is -0.606. The number of esters is 2. The molecule has 4 nitrogen and oxygen atoms in total. The number of unbranched alkanes of at least 4 members (excludes halogenated alkanes) is 4. The predicted octanol–water partition coefficient (Wildman–Crippen LogP) is 3.74. The van der Waals surface area contributed by atoms with Crippen molar-refractivity contribution >= 4 is 11.9 Å². The second-order valence-electron chi connectivity index (χ2n) is 4.75. The van der Waals surface area contributed by atoms with Crippen LogP contribution < -0.4 is 0 Å². The fraction of sp³-hybridized carbons (Fsp3) is 0.733. The summed E-state index contributed by atoms with van der Waals surface area (Å²) in [6.07, 6.45) is 8.94. The zero-order valence-electron chi connectivity index (χ0n) is 12.8. The molecule has 0 spiro atoms. The Morgan fingerprint density at radius 2 is 1.70 bits per heavy atom. The molecule has 0 saturated heterocycles. The minimum atomic E-state index is -0.398. The maximum atomic E-state index is 11.3. The zero-order chi connectivity index (χ0) is 14.5. The van der Waals surface area contributed by atoms with Crippen molar-refractivity contribution in [2.75, 3.05) is 0 Å². The Morgan fingerprint density at radius 1 is 1.05 bits per heavy atom. The van der Waals surface area contributed by atoms with E-state index < -0.39 is 5.97 Å². The summed E-state index contributed by atoms with van der Waals surface area (Å²) in [7, 11) is 0. The van der Waals surface area contributed by atoms with Gasteiger partial charge in [-0.3, -0.25) is 9.59 Å². The van der Waals surface area contributed by atoms with E-state index in [0.29, 0.717) is 0 Å². The topological polar surface area (TPSA) is 52.6 Å². The smallest absolute Gasteiger partial charge is 0.311 e. The van der Waals surface area contributed by atoms with Gasteiger partial charge in [0, 0.05) is 21.7 Å². The van der Waals surface area contributed by atoms with E-state index in [9.17, 15) is 9.59 Å². The van der Waals surface area contributed by atoms with Gasteiger partial charge in [-0.05, 0) is 32.8 Å². The summed E-state index contributed by atoms with van der Waals surface area (Å²) < 4.78 is 9.79. The first-order valence-corrected chi connectivity index (χ1v) is 7.10. The van der Waals surface area contributed by atoms with Crippen LogP contribution in [0, 0.1) is 0 Å². The summed E-state index contributed by atoms with van der Waals surface area (Å²) in [5.41, 5.74) is 0. The number of carbonyl (C=O) groups is 2. The summed E-state index contributed by atoms with van der Waals surface area (Å²) in [6, 6.07) is 0. The molecule has 0 aromatic carbocycles. The second-order valence-corrected chi connectivity index (χ2v) is 4.75. The van der Waals surface area contributed by atoms with Gasteiger partial charge in [0.1, 0.15) is 0 Å². The molecule has 5 heteroatoms. The van der Waals surface area contributed by atoms with Crippen LogP contribution in [0.2, 0.25) is 0 Å². The first-order chi connectivity index (χ1) is 9.06. The van der Waals surface area contributed by atoms with Gasteiger partial charge in [0.25, 0.3) is 0 Å². The third kappa shape index (κ3) is 15.5. The number of hydrogen-bond acceptors (Lipinski definition) is 4. The van der Waals surface area contributed by atoms with Gasteiger partial charge in [-0.15, -0.1) is 0 Å².